The van der Waals surface area contributed by atoms with Crippen molar-refractivity contribution < 1.29 is 9.53 Å². The van der Waals surface area contributed by atoms with Gasteiger partial charge in [0.15, 0.2) is 0 Å². The maximum atomic E-state index is 12.9. The number of thioether (sulfide) groups is 1. The Bertz CT molecular complexity index is 591. The highest BCUT2D eigenvalue weighted by Gasteiger charge is 2.29. The predicted octanol–water partition coefficient (Wildman–Crippen LogP) is 3.41. The average molecular weight is 371 g/mol. The van der Waals surface area contributed by atoms with Gasteiger partial charge >= 0.3 is 0 Å². The molecule has 0 aromatic heterocycles. The Hall–Kier alpha value is -0.910. The van der Waals surface area contributed by atoms with Crippen LogP contribution < -0.4 is 15.4 Å². The van der Waals surface area contributed by atoms with Gasteiger partial charge in [-0.3, -0.25) is 4.79 Å². The molecule has 134 valence electrons. The molecule has 4 nitrogen and oxygen atoms in total. The van der Waals surface area contributed by atoms with Crippen LogP contribution in [0, 0.1) is 0 Å². The van der Waals surface area contributed by atoms with Gasteiger partial charge in [-0.25, -0.2) is 0 Å². The third-order valence-electron chi connectivity index (χ3n) is 4.79. The zero-order valence-corrected chi connectivity index (χ0v) is 16.2. The molecule has 24 heavy (non-hydrogen) atoms. The molecule has 0 bridgehead atoms. The fourth-order valence-corrected chi connectivity index (χ4v) is 4.07. The van der Waals surface area contributed by atoms with E-state index in [1.165, 1.54) is 6.42 Å². The Morgan fingerprint density at radius 3 is 2.92 bits per heavy atom. The lowest BCUT2D eigenvalue weighted by molar-refractivity contribution is 0.0922. The Kier molecular flexibility index (Phi) is 6.84. The largest absolute Gasteiger partial charge is 0.489 e. The molecule has 6 heteroatoms. The summed E-state index contributed by atoms with van der Waals surface area (Å²) < 4.78 is 5.91. The van der Waals surface area contributed by atoms with E-state index in [0.29, 0.717) is 11.6 Å². The molecular weight excluding hydrogens is 344 g/mol. The number of halogens is 1. The molecule has 3 unspecified atom stereocenters. The highest BCUT2D eigenvalue weighted by atomic mass is 35.5. The Morgan fingerprint density at radius 2 is 2.29 bits per heavy atom. The van der Waals surface area contributed by atoms with Crippen molar-refractivity contribution >= 4 is 30.1 Å². The molecule has 2 aliphatic rings. The van der Waals surface area contributed by atoms with Crippen LogP contribution in [0.1, 0.15) is 49.0 Å². The Morgan fingerprint density at radius 1 is 1.50 bits per heavy atom. The van der Waals surface area contributed by atoms with E-state index in [9.17, 15) is 4.79 Å². The van der Waals surface area contributed by atoms with Gasteiger partial charge in [-0.05, 0) is 56.7 Å². The number of hydrogen-bond donors (Lipinski definition) is 2. The summed E-state index contributed by atoms with van der Waals surface area (Å²) in [4.78, 5) is 14.0. The zero-order chi connectivity index (χ0) is 16.4. The minimum Gasteiger partial charge on any atom is -0.489 e. The number of hydrogen-bond acceptors (Lipinski definition) is 4. The van der Waals surface area contributed by atoms with Crippen molar-refractivity contribution in [1.82, 2.24) is 10.6 Å². The van der Waals surface area contributed by atoms with Crippen molar-refractivity contribution in [3.05, 3.63) is 23.3 Å². The normalized spacial score (nSPS) is 23.1. The molecule has 0 spiro atoms. The molecule has 0 radical (unpaired) electrons. The number of amides is 1. The summed E-state index contributed by atoms with van der Waals surface area (Å²) in [6.07, 6.45) is 6.33. The fourth-order valence-electron chi connectivity index (χ4n) is 3.58. The highest BCUT2D eigenvalue weighted by molar-refractivity contribution is 7.98. The molecule has 1 amide bonds. The summed E-state index contributed by atoms with van der Waals surface area (Å²) in [7, 11) is 0. The molecule has 0 saturated carbocycles. The van der Waals surface area contributed by atoms with Crippen LogP contribution in [0.15, 0.2) is 17.0 Å². The van der Waals surface area contributed by atoms with Crippen LogP contribution >= 0.6 is 24.2 Å². The molecule has 2 heterocycles. The number of benzene rings is 1. The van der Waals surface area contributed by atoms with Crippen LogP contribution in [0.3, 0.4) is 0 Å². The molecule has 2 N–H and O–H groups in total. The first-order valence-corrected chi connectivity index (χ1v) is 9.76. The van der Waals surface area contributed by atoms with E-state index in [1.54, 1.807) is 11.8 Å². The minimum absolute atomic E-state index is 0. The van der Waals surface area contributed by atoms with Gasteiger partial charge in [-0.1, -0.05) is 6.92 Å². The van der Waals surface area contributed by atoms with Crippen LogP contribution in [0.4, 0.5) is 0 Å². The van der Waals surface area contributed by atoms with Crippen molar-refractivity contribution in [2.45, 2.75) is 62.6 Å². The third kappa shape index (κ3) is 4.01. The first-order chi connectivity index (χ1) is 11.1. The van der Waals surface area contributed by atoms with Crippen molar-refractivity contribution in [2.75, 3.05) is 12.8 Å². The van der Waals surface area contributed by atoms with Crippen molar-refractivity contribution in [1.29, 1.82) is 0 Å². The van der Waals surface area contributed by atoms with Crippen LogP contribution in [-0.2, 0) is 6.42 Å². The molecule has 1 aromatic carbocycles. The highest BCUT2D eigenvalue weighted by Crippen LogP contribution is 2.36. The van der Waals surface area contributed by atoms with E-state index in [1.807, 2.05) is 12.3 Å². The molecule has 3 rings (SSSR count). The van der Waals surface area contributed by atoms with Crippen molar-refractivity contribution in [3.63, 3.8) is 0 Å². The Balaban J connectivity index is 0.00000208. The van der Waals surface area contributed by atoms with Crippen LogP contribution in [0.5, 0.6) is 5.75 Å². The smallest absolute Gasteiger partial charge is 0.255 e. The van der Waals surface area contributed by atoms with Gasteiger partial charge in [0.05, 0.1) is 5.56 Å². The molecular formula is C18H27ClN2O2S. The Labute approximate surface area is 154 Å². The van der Waals surface area contributed by atoms with Gasteiger partial charge in [-0.2, -0.15) is 0 Å². The number of rotatable bonds is 5. The zero-order valence-electron chi connectivity index (χ0n) is 14.6. The number of ether oxygens (including phenoxy) is 1. The summed E-state index contributed by atoms with van der Waals surface area (Å²) in [5, 5.41) is 6.73. The molecule has 2 aliphatic heterocycles. The van der Waals surface area contributed by atoms with Crippen molar-refractivity contribution in [3.8, 4) is 5.75 Å². The minimum atomic E-state index is -0.00759. The average Bonchev–Trinajstić information content (AvgIpc) is 3.19. The van der Waals surface area contributed by atoms with Crippen LogP contribution in [-0.4, -0.2) is 36.9 Å². The van der Waals surface area contributed by atoms with E-state index < -0.39 is 0 Å². The fraction of sp³-hybridized carbons (Fsp3) is 0.611. The van der Waals surface area contributed by atoms with Crippen molar-refractivity contribution in [2.24, 2.45) is 0 Å². The van der Waals surface area contributed by atoms with Gasteiger partial charge in [0.25, 0.3) is 5.91 Å². The van der Waals surface area contributed by atoms with Crippen LogP contribution in [0.25, 0.3) is 0 Å². The standard InChI is InChI=1S/C18H26N2O2S.ClH/c1-4-15(16-6-5-7-19-16)20-18(21)14-10-13(23-3)9-12-8-11(2)22-17(12)14;/h9-11,15-16,19H,4-8H2,1-3H3,(H,20,21);1H. The second-order valence-corrected chi connectivity index (χ2v) is 7.37. The number of fused-ring (bicyclic) bond motifs is 1. The SMILES string of the molecule is CCC(NC(=O)c1cc(SC)cc2c1OC(C)C2)C1CCCN1.Cl. The molecule has 0 aliphatic carbocycles. The van der Waals surface area contributed by atoms with E-state index in [-0.39, 0.29) is 30.5 Å². The second-order valence-electron chi connectivity index (χ2n) is 6.49. The van der Waals surface area contributed by atoms with E-state index in [0.717, 1.165) is 42.0 Å². The molecule has 1 aromatic rings. The molecule has 3 atom stereocenters. The summed E-state index contributed by atoms with van der Waals surface area (Å²) in [5.74, 6) is 0.772. The van der Waals surface area contributed by atoms with Gasteiger partial charge in [-0.15, -0.1) is 24.2 Å². The van der Waals surface area contributed by atoms with Gasteiger partial charge < -0.3 is 15.4 Å². The third-order valence-corrected chi connectivity index (χ3v) is 5.49. The van der Waals surface area contributed by atoms with Gasteiger partial charge in [0.2, 0.25) is 0 Å². The van der Waals surface area contributed by atoms with Crippen LogP contribution in [0.2, 0.25) is 0 Å². The summed E-state index contributed by atoms with van der Waals surface area (Å²) >= 11 is 1.67. The summed E-state index contributed by atoms with van der Waals surface area (Å²) in [6.45, 7) is 5.24. The van der Waals surface area contributed by atoms with E-state index in [4.69, 9.17) is 4.74 Å². The quantitative estimate of drug-likeness (QED) is 0.780. The number of nitrogens with one attached hydrogen (secondary N) is 2. The number of carbonyl (C=O) groups excluding carboxylic acids is 1. The topological polar surface area (TPSA) is 50.4 Å². The van der Waals surface area contributed by atoms with E-state index >= 15 is 0 Å². The molecule has 1 saturated heterocycles. The maximum absolute atomic E-state index is 12.9. The number of carbonyl (C=O) groups is 1. The first kappa shape index (κ1) is 19.4. The second kappa shape index (κ2) is 8.45. The maximum Gasteiger partial charge on any atom is 0.255 e. The van der Waals surface area contributed by atoms with Gasteiger partial charge in [0.1, 0.15) is 11.9 Å². The monoisotopic (exact) mass is 370 g/mol. The summed E-state index contributed by atoms with van der Waals surface area (Å²) in [6, 6.07) is 4.68. The lowest BCUT2D eigenvalue weighted by atomic mass is 10.0. The predicted molar refractivity (Wildman–Crippen MR) is 102 cm³/mol. The molecule has 1 fully saturated rings. The summed E-state index contributed by atoms with van der Waals surface area (Å²) in [5.41, 5.74) is 1.84. The lowest BCUT2D eigenvalue weighted by Crippen LogP contribution is -2.47. The van der Waals surface area contributed by atoms with E-state index in [2.05, 4.69) is 30.5 Å². The lowest BCUT2D eigenvalue weighted by Gasteiger charge is -2.24. The van der Waals surface area contributed by atoms with Gasteiger partial charge in [0, 0.05) is 23.4 Å². The first-order valence-electron chi connectivity index (χ1n) is 8.54.